The molecule has 0 radical (unpaired) electrons. The summed E-state index contributed by atoms with van der Waals surface area (Å²) in [5, 5.41) is 0.0847. The van der Waals surface area contributed by atoms with E-state index in [2.05, 4.69) is 9.97 Å². The summed E-state index contributed by atoms with van der Waals surface area (Å²) in [7, 11) is 0. The Hall–Kier alpha value is -0.800. The maximum absolute atomic E-state index is 13.0. The molecule has 0 spiro atoms. The van der Waals surface area contributed by atoms with Crippen molar-refractivity contribution in [1.29, 1.82) is 0 Å². The van der Waals surface area contributed by atoms with Gasteiger partial charge in [-0.1, -0.05) is 11.6 Å². The molecular weight excluding hydrogens is 226 g/mol. The lowest BCUT2D eigenvalue weighted by molar-refractivity contribution is 0.630. The number of nitrogens with one attached hydrogen (secondary N) is 1. The molecule has 0 aliphatic carbocycles. The van der Waals surface area contributed by atoms with Crippen LogP contribution in [0.3, 0.4) is 0 Å². The number of aromatic amines is 1. The van der Waals surface area contributed by atoms with Crippen molar-refractivity contribution in [3.63, 3.8) is 0 Å². The number of aromatic nitrogens is 2. The molecule has 0 atom stereocenters. The number of benzene rings is 1. The lowest BCUT2D eigenvalue weighted by Gasteiger charge is -1.91. The second kappa shape index (κ2) is 3.75. The molecular formula is C9H7Cl2FN2. The van der Waals surface area contributed by atoms with Crippen LogP contribution in [-0.4, -0.2) is 15.8 Å². The van der Waals surface area contributed by atoms with E-state index in [1.807, 2.05) is 0 Å². The highest BCUT2D eigenvalue weighted by atomic mass is 35.5. The molecule has 2 rings (SSSR count). The zero-order valence-corrected chi connectivity index (χ0v) is 8.66. The van der Waals surface area contributed by atoms with E-state index in [1.54, 1.807) is 0 Å². The average Bonchev–Trinajstić information content (AvgIpc) is 2.48. The number of aryl methyl sites for hydroxylation is 1. The SMILES string of the molecule is Fc1cc2[nH]c(CCCl)nc2cc1Cl. The molecule has 0 amide bonds. The Morgan fingerprint density at radius 1 is 1.43 bits per heavy atom. The number of hydrogen-bond donors (Lipinski definition) is 1. The molecule has 2 aromatic rings. The van der Waals surface area contributed by atoms with Crippen molar-refractivity contribution in [2.75, 3.05) is 5.88 Å². The number of imidazole rings is 1. The van der Waals surface area contributed by atoms with Gasteiger partial charge in [-0.05, 0) is 6.07 Å². The Morgan fingerprint density at radius 3 is 2.93 bits per heavy atom. The van der Waals surface area contributed by atoms with Crippen LogP contribution in [-0.2, 0) is 6.42 Å². The van der Waals surface area contributed by atoms with E-state index in [9.17, 15) is 4.39 Å². The summed E-state index contributed by atoms with van der Waals surface area (Å²) in [5.74, 6) is 0.785. The van der Waals surface area contributed by atoms with Crippen LogP contribution in [0.4, 0.5) is 4.39 Å². The first-order chi connectivity index (χ1) is 6.70. The number of rotatable bonds is 2. The van der Waals surface area contributed by atoms with E-state index >= 15 is 0 Å². The van der Waals surface area contributed by atoms with Crippen LogP contribution >= 0.6 is 23.2 Å². The third-order valence-electron chi connectivity index (χ3n) is 1.90. The summed E-state index contributed by atoms with van der Waals surface area (Å²) in [4.78, 5) is 7.18. The quantitative estimate of drug-likeness (QED) is 0.793. The molecule has 0 unspecified atom stereocenters. The summed E-state index contributed by atoms with van der Waals surface area (Å²) >= 11 is 11.2. The third kappa shape index (κ3) is 1.70. The Morgan fingerprint density at radius 2 is 2.21 bits per heavy atom. The summed E-state index contributed by atoms with van der Waals surface area (Å²) in [5.41, 5.74) is 1.31. The first kappa shape index (κ1) is 9.74. The predicted molar refractivity (Wildman–Crippen MR) is 55.5 cm³/mol. The maximum atomic E-state index is 13.0. The molecule has 0 aliphatic rings. The van der Waals surface area contributed by atoms with Gasteiger partial charge < -0.3 is 4.98 Å². The Bertz CT molecular complexity index is 428. The molecule has 1 N–H and O–H groups in total. The highest BCUT2D eigenvalue weighted by Gasteiger charge is 2.06. The van der Waals surface area contributed by atoms with E-state index in [1.165, 1.54) is 12.1 Å². The van der Waals surface area contributed by atoms with Crippen LogP contribution in [0, 0.1) is 5.82 Å². The van der Waals surface area contributed by atoms with E-state index in [-0.39, 0.29) is 5.02 Å². The Kier molecular flexibility index (Phi) is 2.61. The minimum absolute atomic E-state index is 0.0847. The second-order valence-corrected chi connectivity index (χ2v) is 3.69. The van der Waals surface area contributed by atoms with Crippen molar-refractivity contribution in [3.05, 3.63) is 28.8 Å². The van der Waals surface area contributed by atoms with E-state index in [4.69, 9.17) is 23.2 Å². The minimum Gasteiger partial charge on any atom is -0.342 e. The molecule has 74 valence electrons. The molecule has 2 nitrogen and oxygen atoms in total. The zero-order chi connectivity index (χ0) is 10.1. The molecule has 1 aromatic heterocycles. The van der Waals surface area contributed by atoms with Gasteiger partial charge in [0.05, 0.1) is 16.1 Å². The third-order valence-corrected chi connectivity index (χ3v) is 2.38. The number of fused-ring (bicyclic) bond motifs is 1. The number of H-pyrrole nitrogens is 1. The first-order valence-corrected chi connectivity index (χ1v) is 5.01. The van der Waals surface area contributed by atoms with Crippen molar-refractivity contribution in [2.24, 2.45) is 0 Å². The van der Waals surface area contributed by atoms with Gasteiger partial charge in [0.25, 0.3) is 0 Å². The lowest BCUT2D eigenvalue weighted by Crippen LogP contribution is -1.87. The summed E-state index contributed by atoms with van der Waals surface area (Å²) in [6.45, 7) is 0. The smallest absolute Gasteiger partial charge is 0.144 e. The number of nitrogens with zero attached hydrogens (tertiary/aromatic N) is 1. The van der Waals surface area contributed by atoms with Crippen molar-refractivity contribution in [3.8, 4) is 0 Å². The van der Waals surface area contributed by atoms with Crippen molar-refractivity contribution in [1.82, 2.24) is 9.97 Å². The fourth-order valence-electron chi connectivity index (χ4n) is 1.27. The van der Waals surface area contributed by atoms with Crippen molar-refractivity contribution in [2.45, 2.75) is 6.42 Å². The first-order valence-electron chi connectivity index (χ1n) is 4.10. The molecule has 1 heterocycles. The fraction of sp³-hybridized carbons (Fsp3) is 0.222. The van der Waals surface area contributed by atoms with Crippen LogP contribution in [0.5, 0.6) is 0 Å². The number of hydrogen-bond acceptors (Lipinski definition) is 1. The number of halogens is 3. The molecule has 14 heavy (non-hydrogen) atoms. The van der Waals surface area contributed by atoms with Gasteiger partial charge in [0.15, 0.2) is 0 Å². The van der Waals surface area contributed by atoms with Gasteiger partial charge in [-0.3, -0.25) is 0 Å². The topological polar surface area (TPSA) is 28.7 Å². The van der Waals surface area contributed by atoms with E-state index < -0.39 is 5.82 Å². The molecule has 1 aromatic carbocycles. The van der Waals surface area contributed by atoms with E-state index in [0.717, 1.165) is 5.82 Å². The Balaban J connectivity index is 2.54. The van der Waals surface area contributed by atoms with Gasteiger partial charge in [-0.15, -0.1) is 11.6 Å². The van der Waals surface area contributed by atoms with Gasteiger partial charge in [-0.25, -0.2) is 9.37 Å². The molecule has 5 heteroatoms. The largest absolute Gasteiger partial charge is 0.342 e. The van der Waals surface area contributed by atoms with Gasteiger partial charge in [0, 0.05) is 18.4 Å². The van der Waals surface area contributed by atoms with Gasteiger partial charge in [-0.2, -0.15) is 0 Å². The van der Waals surface area contributed by atoms with Gasteiger partial charge in [0.1, 0.15) is 11.6 Å². The average molecular weight is 233 g/mol. The molecule has 0 fully saturated rings. The fourth-order valence-corrected chi connectivity index (χ4v) is 1.60. The predicted octanol–water partition coefficient (Wildman–Crippen LogP) is 3.14. The second-order valence-electron chi connectivity index (χ2n) is 2.91. The van der Waals surface area contributed by atoms with Crippen LogP contribution in [0.15, 0.2) is 12.1 Å². The van der Waals surface area contributed by atoms with Crippen molar-refractivity contribution < 1.29 is 4.39 Å². The summed E-state index contributed by atoms with van der Waals surface area (Å²) in [6.07, 6.45) is 0.634. The molecule has 0 saturated heterocycles. The lowest BCUT2D eigenvalue weighted by atomic mass is 10.3. The summed E-state index contributed by atoms with van der Waals surface area (Å²) < 4.78 is 13.0. The normalized spacial score (nSPS) is 11.1. The monoisotopic (exact) mass is 232 g/mol. The minimum atomic E-state index is -0.444. The van der Waals surface area contributed by atoms with Crippen LogP contribution in [0.1, 0.15) is 5.82 Å². The van der Waals surface area contributed by atoms with Gasteiger partial charge >= 0.3 is 0 Å². The summed E-state index contributed by atoms with van der Waals surface area (Å²) in [6, 6.07) is 2.84. The highest BCUT2D eigenvalue weighted by Crippen LogP contribution is 2.21. The Labute approximate surface area is 90.0 Å². The van der Waals surface area contributed by atoms with Gasteiger partial charge in [0.2, 0.25) is 0 Å². The van der Waals surface area contributed by atoms with Crippen LogP contribution in [0.25, 0.3) is 11.0 Å². The molecule has 0 saturated carbocycles. The maximum Gasteiger partial charge on any atom is 0.144 e. The van der Waals surface area contributed by atoms with Crippen molar-refractivity contribution >= 4 is 34.2 Å². The molecule has 0 bridgehead atoms. The van der Waals surface area contributed by atoms with Crippen LogP contribution < -0.4 is 0 Å². The zero-order valence-electron chi connectivity index (χ0n) is 7.15. The van der Waals surface area contributed by atoms with E-state index in [0.29, 0.717) is 23.3 Å². The van der Waals surface area contributed by atoms with Crippen LogP contribution in [0.2, 0.25) is 5.02 Å². The molecule has 0 aliphatic heterocycles. The standard InChI is InChI=1S/C9H7Cl2FN2/c10-2-1-9-13-7-3-5(11)6(12)4-8(7)14-9/h3-4H,1-2H2,(H,13,14). The number of alkyl halides is 1. The highest BCUT2D eigenvalue weighted by molar-refractivity contribution is 6.31.